The molecule has 0 aliphatic carbocycles. The fourth-order valence-corrected chi connectivity index (χ4v) is 2.03. The van der Waals surface area contributed by atoms with Gasteiger partial charge in [0.15, 0.2) is 5.78 Å². The summed E-state index contributed by atoms with van der Waals surface area (Å²) in [7, 11) is 0. The van der Waals surface area contributed by atoms with Crippen molar-refractivity contribution < 1.29 is 18.0 Å². The third-order valence-electron chi connectivity index (χ3n) is 1.83. The molecule has 0 heterocycles. The zero-order chi connectivity index (χ0) is 11.8. The van der Waals surface area contributed by atoms with E-state index in [-0.39, 0.29) is 15.7 Å². The number of nitrogen functional groups attached to an aromatic ring is 1. The molecule has 1 aromatic carbocycles. The average molecular weight is 282 g/mol. The minimum absolute atomic E-state index is 0.0300. The number of benzene rings is 1. The van der Waals surface area contributed by atoms with Gasteiger partial charge in [-0.1, -0.05) is 0 Å². The van der Waals surface area contributed by atoms with Crippen molar-refractivity contribution in [2.75, 3.05) is 5.73 Å². The minimum atomic E-state index is -4.50. The van der Waals surface area contributed by atoms with E-state index in [2.05, 4.69) is 15.9 Å². The number of Topliss-reactive ketones (excluding diaryl/α,β-unsaturated/α-hetero) is 1. The molecule has 1 aromatic rings. The van der Waals surface area contributed by atoms with Gasteiger partial charge >= 0.3 is 6.18 Å². The van der Waals surface area contributed by atoms with Crippen LogP contribution in [0.15, 0.2) is 16.6 Å². The van der Waals surface area contributed by atoms with Crippen molar-refractivity contribution in [2.24, 2.45) is 0 Å². The van der Waals surface area contributed by atoms with E-state index in [0.717, 1.165) is 19.1 Å². The highest BCUT2D eigenvalue weighted by Gasteiger charge is 2.34. The maximum absolute atomic E-state index is 12.4. The van der Waals surface area contributed by atoms with Crippen LogP contribution in [0.1, 0.15) is 22.8 Å². The summed E-state index contributed by atoms with van der Waals surface area (Å²) in [6.07, 6.45) is -4.50. The number of halogens is 4. The van der Waals surface area contributed by atoms with Crippen LogP contribution in [0.3, 0.4) is 0 Å². The average Bonchev–Trinajstić information content (AvgIpc) is 2.00. The number of alkyl halides is 3. The molecule has 0 amide bonds. The molecule has 82 valence electrons. The fraction of sp³-hybridized carbons (Fsp3) is 0.222. The Morgan fingerprint density at radius 3 is 2.33 bits per heavy atom. The van der Waals surface area contributed by atoms with Crippen LogP contribution >= 0.6 is 15.9 Å². The van der Waals surface area contributed by atoms with Gasteiger partial charge in [-0.25, -0.2) is 0 Å². The van der Waals surface area contributed by atoms with Crippen LogP contribution in [0.2, 0.25) is 0 Å². The molecule has 0 spiro atoms. The van der Waals surface area contributed by atoms with Gasteiger partial charge in [-0.05, 0) is 35.0 Å². The van der Waals surface area contributed by atoms with Gasteiger partial charge in [-0.3, -0.25) is 4.79 Å². The Morgan fingerprint density at radius 2 is 1.93 bits per heavy atom. The van der Waals surface area contributed by atoms with Crippen molar-refractivity contribution in [3.63, 3.8) is 0 Å². The molecule has 0 saturated carbocycles. The summed E-state index contributed by atoms with van der Waals surface area (Å²) in [5, 5.41) is 0. The maximum Gasteiger partial charge on any atom is 0.417 e. The van der Waals surface area contributed by atoms with Crippen LogP contribution in [-0.2, 0) is 6.18 Å². The lowest BCUT2D eigenvalue weighted by molar-refractivity contribution is -0.138. The quantitative estimate of drug-likeness (QED) is 0.634. The third kappa shape index (κ3) is 2.31. The Kier molecular flexibility index (Phi) is 3.08. The molecule has 0 radical (unpaired) electrons. The van der Waals surface area contributed by atoms with Crippen LogP contribution in [-0.4, -0.2) is 5.78 Å². The standard InChI is InChI=1S/C9H7BrF3NO/c1-4(15)7-6(14)3-2-5(8(7)10)9(11,12)13/h2-3H,14H2,1H3. The maximum atomic E-state index is 12.4. The molecule has 0 atom stereocenters. The molecular weight excluding hydrogens is 275 g/mol. The highest BCUT2D eigenvalue weighted by Crippen LogP contribution is 2.38. The second-order valence-electron chi connectivity index (χ2n) is 2.95. The number of ketones is 1. The Balaban J connectivity index is 3.49. The molecule has 0 aromatic heterocycles. The largest absolute Gasteiger partial charge is 0.417 e. The highest BCUT2D eigenvalue weighted by molar-refractivity contribution is 9.10. The van der Waals surface area contributed by atoms with Crippen LogP contribution in [0, 0.1) is 0 Å². The molecule has 0 fully saturated rings. The van der Waals surface area contributed by atoms with E-state index < -0.39 is 17.5 Å². The molecule has 1 rings (SSSR count). The lowest BCUT2D eigenvalue weighted by Gasteiger charge is -2.12. The monoisotopic (exact) mass is 281 g/mol. The molecule has 0 saturated heterocycles. The summed E-state index contributed by atoms with van der Waals surface area (Å²) in [6, 6.07) is 1.91. The second kappa shape index (κ2) is 3.84. The zero-order valence-corrected chi connectivity index (χ0v) is 9.24. The van der Waals surface area contributed by atoms with Gasteiger partial charge in [0.25, 0.3) is 0 Å². The summed E-state index contributed by atoms with van der Waals surface area (Å²) < 4.78 is 37.0. The first kappa shape index (κ1) is 12.0. The summed E-state index contributed by atoms with van der Waals surface area (Å²) in [5.41, 5.74) is 4.41. The van der Waals surface area contributed by atoms with Gasteiger partial charge in [-0.2, -0.15) is 13.2 Å². The second-order valence-corrected chi connectivity index (χ2v) is 3.74. The lowest BCUT2D eigenvalue weighted by Crippen LogP contribution is -2.10. The van der Waals surface area contributed by atoms with Crippen LogP contribution in [0.25, 0.3) is 0 Å². The number of anilines is 1. The summed E-state index contributed by atoms with van der Waals surface area (Å²) in [4.78, 5) is 11.1. The Hall–Kier alpha value is -1.04. The zero-order valence-electron chi connectivity index (χ0n) is 7.65. The van der Waals surface area contributed by atoms with E-state index in [1.807, 2.05) is 0 Å². The smallest absolute Gasteiger partial charge is 0.398 e. The topological polar surface area (TPSA) is 43.1 Å². The van der Waals surface area contributed by atoms with Crippen molar-refractivity contribution in [1.82, 2.24) is 0 Å². The Labute approximate surface area is 92.4 Å². The molecule has 6 heteroatoms. The van der Waals surface area contributed by atoms with Crippen molar-refractivity contribution >= 4 is 27.4 Å². The molecule has 2 nitrogen and oxygen atoms in total. The first-order valence-electron chi connectivity index (χ1n) is 3.91. The molecule has 0 unspecified atom stereocenters. The van der Waals surface area contributed by atoms with Crippen LogP contribution in [0.5, 0.6) is 0 Å². The molecule has 0 aliphatic rings. The van der Waals surface area contributed by atoms with Gasteiger partial charge in [0.2, 0.25) is 0 Å². The molecule has 0 aliphatic heterocycles. The normalized spacial score (nSPS) is 11.5. The number of carbonyl (C=O) groups is 1. The molecule has 2 N–H and O–H groups in total. The molecule has 15 heavy (non-hydrogen) atoms. The molecule has 0 bridgehead atoms. The predicted octanol–water partition coefficient (Wildman–Crippen LogP) is 3.25. The summed E-state index contributed by atoms with van der Waals surface area (Å²) >= 11 is 2.75. The van der Waals surface area contributed by atoms with Crippen LogP contribution in [0.4, 0.5) is 18.9 Å². The van der Waals surface area contributed by atoms with E-state index in [1.165, 1.54) is 0 Å². The van der Waals surface area contributed by atoms with Gasteiger partial charge in [0, 0.05) is 10.2 Å². The predicted molar refractivity (Wildman–Crippen MR) is 53.6 cm³/mol. The SMILES string of the molecule is CC(=O)c1c(N)ccc(C(F)(F)F)c1Br. The van der Waals surface area contributed by atoms with Gasteiger partial charge < -0.3 is 5.73 Å². The van der Waals surface area contributed by atoms with Gasteiger partial charge in [0.05, 0.1) is 11.1 Å². The van der Waals surface area contributed by atoms with Crippen molar-refractivity contribution in [1.29, 1.82) is 0 Å². The lowest BCUT2D eigenvalue weighted by atomic mass is 10.1. The van der Waals surface area contributed by atoms with E-state index in [0.29, 0.717) is 0 Å². The number of nitrogens with two attached hydrogens (primary N) is 1. The Bertz CT molecular complexity index is 415. The van der Waals surface area contributed by atoms with Crippen LogP contribution < -0.4 is 5.73 Å². The number of hydrogen-bond acceptors (Lipinski definition) is 2. The van der Waals surface area contributed by atoms with E-state index in [4.69, 9.17) is 5.73 Å². The summed E-state index contributed by atoms with van der Waals surface area (Å²) in [6.45, 7) is 1.16. The van der Waals surface area contributed by atoms with E-state index in [9.17, 15) is 18.0 Å². The first-order valence-corrected chi connectivity index (χ1v) is 4.70. The summed E-state index contributed by atoms with van der Waals surface area (Å²) in [5.74, 6) is -0.509. The minimum Gasteiger partial charge on any atom is -0.398 e. The van der Waals surface area contributed by atoms with Crippen molar-refractivity contribution in [2.45, 2.75) is 13.1 Å². The Morgan fingerprint density at radius 1 is 1.40 bits per heavy atom. The highest BCUT2D eigenvalue weighted by atomic mass is 79.9. The first-order chi connectivity index (χ1) is 6.75. The van der Waals surface area contributed by atoms with Crippen molar-refractivity contribution in [3.8, 4) is 0 Å². The fourth-order valence-electron chi connectivity index (χ4n) is 1.17. The van der Waals surface area contributed by atoms with Gasteiger partial charge in [-0.15, -0.1) is 0 Å². The number of rotatable bonds is 1. The van der Waals surface area contributed by atoms with E-state index in [1.54, 1.807) is 0 Å². The number of hydrogen-bond donors (Lipinski definition) is 1. The van der Waals surface area contributed by atoms with E-state index >= 15 is 0 Å². The molecular formula is C9H7BrF3NO. The third-order valence-corrected chi connectivity index (χ3v) is 2.66. The van der Waals surface area contributed by atoms with Gasteiger partial charge in [0.1, 0.15) is 0 Å². The van der Waals surface area contributed by atoms with Crippen molar-refractivity contribution in [3.05, 3.63) is 27.7 Å². The number of carbonyl (C=O) groups excluding carboxylic acids is 1.